The number of hydrogen-bond donors (Lipinski definition) is 0. The number of aromatic nitrogens is 2. The number of nitrogens with zero attached hydrogens (tertiary/aromatic N) is 4. The zero-order valence-electron chi connectivity index (χ0n) is 28.4. The van der Waals surface area contributed by atoms with Gasteiger partial charge in [0.1, 0.15) is 0 Å². The number of pyridine rings is 2. The van der Waals surface area contributed by atoms with Crippen LogP contribution in [0, 0.1) is 13.8 Å². The fourth-order valence-corrected chi connectivity index (χ4v) is 5.59. The Morgan fingerprint density at radius 2 is 0.745 bits per heavy atom. The summed E-state index contributed by atoms with van der Waals surface area (Å²) in [5.41, 5.74) is 8.56. The van der Waals surface area contributed by atoms with Crippen LogP contribution in [0.5, 0.6) is 0 Å². The van der Waals surface area contributed by atoms with Crippen LogP contribution in [-0.2, 0) is 39.3 Å². The molecule has 0 unspecified atom stereocenters. The van der Waals surface area contributed by atoms with Crippen LogP contribution in [0.3, 0.4) is 0 Å². The maximum absolute atomic E-state index is 5.09. The van der Waals surface area contributed by atoms with Crippen molar-refractivity contribution >= 4 is 32.9 Å². The molecule has 0 aliphatic heterocycles. The van der Waals surface area contributed by atoms with Crippen molar-refractivity contribution in [3.63, 3.8) is 0 Å². The molecule has 0 saturated heterocycles. The third kappa shape index (κ3) is 10.2. The first kappa shape index (κ1) is 36.6. The predicted molar refractivity (Wildman–Crippen MR) is 211 cm³/mol. The fraction of sp³-hybridized carbons (Fsp3) is 0.0435. The van der Waals surface area contributed by atoms with E-state index in [-0.39, 0.29) is 26.2 Å². The first-order valence-electron chi connectivity index (χ1n) is 16.6. The Hall–Kier alpha value is -5.64. The second-order valence-corrected chi connectivity index (χ2v) is 11.7. The third-order valence-corrected chi connectivity index (χ3v) is 8.11. The second kappa shape index (κ2) is 18.9. The largest absolute Gasteiger partial charge is 4.00 e. The van der Waals surface area contributed by atoms with E-state index in [1.54, 1.807) is 0 Å². The molecule has 51 heavy (non-hydrogen) atoms. The summed E-state index contributed by atoms with van der Waals surface area (Å²) in [6.45, 7) is 8.61. The van der Waals surface area contributed by atoms with Gasteiger partial charge in [-0.3, -0.25) is 9.97 Å². The summed E-state index contributed by atoms with van der Waals surface area (Å²) in [5, 5.41) is 14.9. The summed E-state index contributed by atoms with van der Waals surface area (Å²) in [6.07, 6.45) is 7.25. The minimum absolute atomic E-state index is 0. The Morgan fingerprint density at radius 1 is 0.392 bits per heavy atom. The molecule has 0 aliphatic carbocycles. The summed E-state index contributed by atoms with van der Waals surface area (Å²) >= 11 is 0. The van der Waals surface area contributed by atoms with Crippen LogP contribution >= 0.6 is 0 Å². The Labute approximate surface area is 320 Å². The van der Waals surface area contributed by atoms with E-state index in [2.05, 4.69) is 96.6 Å². The normalized spacial score (nSPS) is 10.1. The Kier molecular flexibility index (Phi) is 13.6. The van der Waals surface area contributed by atoms with E-state index in [1.807, 2.05) is 110 Å². The van der Waals surface area contributed by atoms with Crippen LogP contribution in [-0.4, -0.2) is 9.97 Å². The molecule has 246 valence electrons. The van der Waals surface area contributed by atoms with Gasteiger partial charge in [0, 0.05) is 24.8 Å². The molecular weight excluding hydrogens is 700 g/mol. The van der Waals surface area contributed by atoms with E-state index in [1.165, 1.54) is 21.5 Å². The van der Waals surface area contributed by atoms with E-state index < -0.39 is 0 Å². The van der Waals surface area contributed by atoms with Gasteiger partial charge < -0.3 is 10.6 Å². The summed E-state index contributed by atoms with van der Waals surface area (Å²) in [6, 6.07) is 53.4. The fourth-order valence-electron chi connectivity index (χ4n) is 5.59. The van der Waals surface area contributed by atoms with Gasteiger partial charge in [0.15, 0.2) is 0 Å². The van der Waals surface area contributed by atoms with Crippen molar-refractivity contribution in [1.29, 1.82) is 0 Å². The molecule has 4 nitrogen and oxygen atoms in total. The molecule has 0 aliphatic rings. The molecule has 8 aromatic rings. The zero-order chi connectivity index (χ0) is 34.4. The average Bonchev–Trinajstić information content (AvgIpc) is 3.18. The SMILES string of the molecule is [CH2-]c1ccccc1.[CH2-]c1ccccc1.[Zr+4].c1ccc2c(-c3c([N-]Cc4ccncc4)ccc4ccccc34)c([N-]Cc3ccncc3)ccc2c1. The number of rotatable bonds is 7. The Balaban J connectivity index is 0.000000280. The summed E-state index contributed by atoms with van der Waals surface area (Å²) in [5.74, 6) is 0. The van der Waals surface area contributed by atoms with Crippen molar-refractivity contribution in [3.05, 3.63) is 229 Å². The maximum atomic E-state index is 5.09. The molecule has 8 rings (SSSR count). The molecule has 2 heterocycles. The quantitative estimate of drug-likeness (QED) is 0.153. The van der Waals surface area contributed by atoms with Crippen LogP contribution in [0.25, 0.3) is 43.3 Å². The molecule has 5 heteroatoms. The number of hydrogen-bond acceptors (Lipinski definition) is 2. The van der Waals surface area contributed by atoms with Crippen molar-refractivity contribution in [3.8, 4) is 11.1 Å². The van der Waals surface area contributed by atoms with Crippen molar-refractivity contribution in [2.75, 3.05) is 0 Å². The zero-order valence-corrected chi connectivity index (χ0v) is 30.9. The van der Waals surface area contributed by atoms with E-state index in [0.29, 0.717) is 13.1 Å². The molecule has 0 bridgehead atoms. The molecule has 0 saturated carbocycles. The van der Waals surface area contributed by atoms with Crippen molar-refractivity contribution in [2.45, 2.75) is 13.1 Å². The van der Waals surface area contributed by atoms with Crippen molar-refractivity contribution < 1.29 is 26.2 Å². The first-order valence-corrected chi connectivity index (χ1v) is 16.6. The molecule has 0 radical (unpaired) electrons. The van der Waals surface area contributed by atoms with Crippen molar-refractivity contribution in [2.24, 2.45) is 0 Å². The van der Waals surface area contributed by atoms with Gasteiger partial charge in [-0.15, -0.1) is 48.7 Å². The topological polar surface area (TPSA) is 54.0 Å². The minimum Gasteiger partial charge on any atom is -0.680 e. The predicted octanol–water partition coefficient (Wildman–Crippen LogP) is 12.6. The van der Waals surface area contributed by atoms with Crippen LogP contribution in [0.1, 0.15) is 22.3 Å². The van der Waals surface area contributed by atoms with Crippen LogP contribution in [0.2, 0.25) is 0 Å². The molecular formula is C46H38N4Zr. The summed E-state index contributed by atoms with van der Waals surface area (Å²) in [7, 11) is 0. The molecule has 6 aromatic carbocycles. The van der Waals surface area contributed by atoms with E-state index in [9.17, 15) is 0 Å². The maximum Gasteiger partial charge on any atom is 4.00 e. The summed E-state index contributed by atoms with van der Waals surface area (Å²) < 4.78 is 0. The van der Waals surface area contributed by atoms with Gasteiger partial charge >= 0.3 is 26.2 Å². The van der Waals surface area contributed by atoms with E-state index in [4.69, 9.17) is 10.6 Å². The van der Waals surface area contributed by atoms with Crippen molar-refractivity contribution in [1.82, 2.24) is 9.97 Å². The average molecular weight is 738 g/mol. The third-order valence-electron chi connectivity index (χ3n) is 8.11. The first-order chi connectivity index (χ1) is 24.7. The molecule has 0 amide bonds. The van der Waals surface area contributed by atoms with Gasteiger partial charge in [-0.05, 0) is 56.9 Å². The van der Waals surface area contributed by atoms with Gasteiger partial charge in [0.2, 0.25) is 0 Å². The minimum atomic E-state index is 0. The second-order valence-electron chi connectivity index (χ2n) is 11.7. The molecule has 0 N–H and O–H groups in total. The standard InChI is InChI=1S/C32H24N4.2C7H7.Zr/c1-3-7-27-25(5-1)9-11-29(35-21-23-13-17-33-18-14-23)31(27)32-28-8-4-2-6-26(28)10-12-30(32)36-22-24-15-19-34-20-16-24;2*1-7-5-3-2-4-6-7;/h1-20H,21-22H2;2*2-6H,1H2;/q-2;2*-1;+4. The van der Waals surface area contributed by atoms with Crippen LogP contribution in [0.15, 0.2) is 183 Å². The molecule has 0 atom stereocenters. The van der Waals surface area contributed by atoms with Gasteiger partial charge in [-0.1, -0.05) is 96.1 Å². The molecule has 2 aromatic heterocycles. The molecule has 0 spiro atoms. The Morgan fingerprint density at radius 3 is 1.10 bits per heavy atom. The van der Waals surface area contributed by atoms with E-state index >= 15 is 0 Å². The Bertz CT molecular complexity index is 2060. The number of fused-ring (bicyclic) bond motifs is 2. The molecule has 0 fully saturated rings. The van der Waals surface area contributed by atoms with Gasteiger partial charge in [0.05, 0.1) is 0 Å². The van der Waals surface area contributed by atoms with Crippen LogP contribution in [0.4, 0.5) is 11.4 Å². The van der Waals surface area contributed by atoms with Gasteiger partial charge in [0.25, 0.3) is 0 Å². The number of benzene rings is 6. The summed E-state index contributed by atoms with van der Waals surface area (Å²) in [4.78, 5) is 8.28. The smallest absolute Gasteiger partial charge is 0.680 e. The monoisotopic (exact) mass is 736 g/mol. The van der Waals surface area contributed by atoms with E-state index in [0.717, 1.165) is 44.8 Å². The van der Waals surface area contributed by atoms with Gasteiger partial charge in [-0.2, -0.15) is 49.2 Å². The van der Waals surface area contributed by atoms with Gasteiger partial charge in [-0.25, -0.2) is 0 Å². The van der Waals surface area contributed by atoms with Crippen LogP contribution < -0.4 is 0 Å².